The Hall–Kier alpha value is -4.04. The summed E-state index contributed by atoms with van der Waals surface area (Å²) in [7, 11) is 0. The molecule has 5 heterocycles. The van der Waals surface area contributed by atoms with Crippen LogP contribution in [-0.4, -0.2) is 64.4 Å². The lowest BCUT2D eigenvalue weighted by Gasteiger charge is -2.56. The van der Waals surface area contributed by atoms with Crippen LogP contribution in [0, 0.1) is 18.2 Å². The average molecular weight is 573 g/mol. The molecule has 0 unspecified atom stereocenters. The highest BCUT2D eigenvalue weighted by atomic mass is 19.4. The molecule has 0 atom stereocenters. The summed E-state index contributed by atoms with van der Waals surface area (Å²) in [6.45, 7) is 4.99. The molecule has 1 saturated carbocycles. The predicted octanol–water partition coefficient (Wildman–Crippen LogP) is 4.70. The molecular formula is C27H24F4N6O4. The first-order chi connectivity index (χ1) is 19.6. The van der Waals surface area contributed by atoms with Crippen LogP contribution in [0.5, 0.6) is 0 Å². The van der Waals surface area contributed by atoms with Crippen LogP contribution in [0.1, 0.15) is 40.6 Å². The van der Waals surface area contributed by atoms with Crippen LogP contribution in [0.15, 0.2) is 41.2 Å². The van der Waals surface area contributed by atoms with Crippen molar-refractivity contribution >= 4 is 22.8 Å². The van der Waals surface area contributed by atoms with Crippen LogP contribution < -0.4 is 10.2 Å². The molecule has 1 aromatic carbocycles. The van der Waals surface area contributed by atoms with Crippen molar-refractivity contribution in [3.8, 4) is 11.4 Å². The zero-order valence-corrected chi connectivity index (χ0v) is 21.7. The standard InChI is InChI=1S/C27H24F4N6O4/c1-14-4-20(28)18(23-34-25(41-35-23)15-5-17(6-15)40-27(29,30)31)8-21(14)33-24(38)19-9-32-37-3-2-16(7-22(19)37)36-10-26(11-36)12-39-13-26/h2-4,7-9,15,17H,5-6,10-13H2,1H3,(H,33,38). The molecule has 7 rings (SSSR count). The zero-order valence-electron chi connectivity index (χ0n) is 21.7. The number of pyridine rings is 1. The molecule has 1 amide bonds. The summed E-state index contributed by atoms with van der Waals surface area (Å²) in [5.74, 6) is -1.44. The van der Waals surface area contributed by atoms with E-state index in [1.165, 1.54) is 18.3 Å². The van der Waals surface area contributed by atoms with Gasteiger partial charge in [0.05, 0.1) is 47.6 Å². The van der Waals surface area contributed by atoms with Crippen molar-refractivity contribution in [2.75, 3.05) is 36.5 Å². The molecule has 1 N–H and O–H groups in total. The molecule has 3 aliphatic rings. The van der Waals surface area contributed by atoms with Crippen molar-refractivity contribution in [2.24, 2.45) is 5.41 Å². The van der Waals surface area contributed by atoms with Gasteiger partial charge in [-0.1, -0.05) is 5.16 Å². The lowest BCUT2D eigenvalue weighted by Crippen LogP contribution is -2.66. The molecule has 1 spiro atoms. The molecule has 41 heavy (non-hydrogen) atoms. The van der Waals surface area contributed by atoms with E-state index in [4.69, 9.17) is 9.26 Å². The minimum absolute atomic E-state index is 0.0165. The molecule has 0 bridgehead atoms. The van der Waals surface area contributed by atoms with Gasteiger partial charge in [-0.3, -0.25) is 9.53 Å². The Morgan fingerprint density at radius 1 is 1.20 bits per heavy atom. The SMILES string of the molecule is Cc1cc(F)c(-c2noc(C3CC(OC(F)(F)F)C3)n2)cc1NC(=O)c1cnn2ccc(N3CC4(COC4)C3)cc12. The molecule has 2 aliphatic heterocycles. The molecule has 14 heteroatoms. The highest BCUT2D eigenvalue weighted by Gasteiger charge is 2.49. The lowest BCUT2D eigenvalue weighted by atomic mass is 9.78. The van der Waals surface area contributed by atoms with Gasteiger partial charge in [0.1, 0.15) is 5.82 Å². The number of ether oxygens (including phenoxy) is 2. The number of benzene rings is 1. The van der Waals surface area contributed by atoms with Gasteiger partial charge in [0.25, 0.3) is 5.91 Å². The van der Waals surface area contributed by atoms with Gasteiger partial charge in [-0.2, -0.15) is 10.1 Å². The molecule has 1 aliphatic carbocycles. The van der Waals surface area contributed by atoms with Gasteiger partial charge < -0.3 is 19.5 Å². The van der Waals surface area contributed by atoms with E-state index in [2.05, 4.69) is 30.2 Å². The van der Waals surface area contributed by atoms with Crippen molar-refractivity contribution in [1.82, 2.24) is 19.8 Å². The fraction of sp³-hybridized carbons (Fsp3) is 0.407. The van der Waals surface area contributed by atoms with E-state index in [0.717, 1.165) is 32.0 Å². The minimum Gasteiger partial charge on any atom is -0.380 e. The second kappa shape index (κ2) is 9.24. The van der Waals surface area contributed by atoms with Crippen molar-refractivity contribution in [3.05, 3.63) is 59.5 Å². The number of alkyl halides is 3. The number of aromatic nitrogens is 4. The summed E-state index contributed by atoms with van der Waals surface area (Å²) in [6.07, 6.45) is -2.29. The maximum Gasteiger partial charge on any atom is 0.522 e. The molecule has 214 valence electrons. The topological polar surface area (TPSA) is 107 Å². The number of aryl methyl sites for hydroxylation is 1. The number of carbonyl (C=O) groups is 1. The largest absolute Gasteiger partial charge is 0.522 e. The Balaban J connectivity index is 1.08. The molecular weight excluding hydrogens is 548 g/mol. The Morgan fingerprint density at radius 2 is 1.98 bits per heavy atom. The third kappa shape index (κ3) is 4.70. The second-order valence-corrected chi connectivity index (χ2v) is 11.0. The molecule has 3 aromatic heterocycles. The maximum atomic E-state index is 14.9. The third-order valence-electron chi connectivity index (χ3n) is 7.97. The van der Waals surface area contributed by atoms with E-state index < -0.39 is 30.1 Å². The van der Waals surface area contributed by atoms with Crippen LogP contribution in [0.2, 0.25) is 0 Å². The first-order valence-corrected chi connectivity index (χ1v) is 13.1. The van der Waals surface area contributed by atoms with Gasteiger partial charge in [-0.25, -0.2) is 8.91 Å². The number of anilines is 2. The summed E-state index contributed by atoms with van der Waals surface area (Å²) < 4.78 is 68.3. The normalized spacial score (nSPS) is 21.4. The first kappa shape index (κ1) is 25.9. The van der Waals surface area contributed by atoms with Gasteiger partial charge in [-0.15, -0.1) is 13.2 Å². The van der Waals surface area contributed by atoms with Gasteiger partial charge in [0, 0.05) is 36.6 Å². The zero-order chi connectivity index (χ0) is 28.5. The highest BCUT2D eigenvalue weighted by molar-refractivity contribution is 6.09. The van der Waals surface area contributed by atoms with E-state index in [0.29, 0.717) is 22.3 Å². The average Bonchev–Trinajstić information content (AvgIpc) is 3.47. The van der Waals surface area contributed by atoms with E-state index >= 15 is 0 Å². The van der Waals surface area contributed by atoms with Crippen LogP contribution in [0.4, 0.5) is 28.9 Å². The minimum atomic E-state index is -4.71. The maximum absolute atomic E-state index is 14.9. The van der Waals surface area contributed by atoms with Crippen molar-refractivity contribution in [3.63, 3.8) is 0 Å². The summed E-state index contributed by atoms with van der Waals surface area (Å²) in [4.78, 5) is 19.8. The number of fused-ring (bicyclic) bond motifs is 1. The van der Waals surface area contributed by atoms with Crippen LogP contribution >= 0.6 is 0 Å². The number of nitrogens with zero attached hydrogens (tertiary/aromatic N) is 5. The smallest absolute Gasteiger partial charge is 0.380 e. The fourth-order valence-electron chi connectivity index (χ4n) is 5.59. The van der Waals surface area contributed by atoms with Crippen LogP contribution in [-0.2, 0) is 9.47 Å². The monoisotopic (exact) mass is 572 g/mol. The Morgan fingerprint density at radius 3 is 2.68 bits per heavy atom. The van der Waals surface area contributed by atoms with Gasteiger partial charge in [-0.05, 0) is 49.6 Å². The number of carbonyl (C=O) groups excluding carboxylic acids is 1. The Kier molecular flexibility index (Phi) is 5.84. The van der Waals surface area contributed by atoms with Crippen molar-refractivity contribution in [2.45, 2.75) is 38.1 Å². The summed E-state index contributed by atoms with van der Waals surface area (Å²) in [5, 5.41) is 10.9. The number of nitrogens with one attached hydrogen (secondary N) is 1. The van der Waals surface area contributed by atoms with Crippen LogP contribution in [0.3, 0.4) is 0 Å². The summed E-state index contributed by atoms with van der Waals surface area (Å²) in [5.41, 5.74) is 3.00. The number of hydrogen-bond acceptors (Lipinski definition) is 8. The van der Waals surface area contributed by atoms with Gasteiger partial charge in [0.15, 0.2) is 0 Å². The molecule has 4 aromatic rings. The second-order valence-electron chi connectivity index (χ2n) is 11.0. The number of amides is 1. The van der Waals surface area contributed by atoms with E-state index in [1.807, 2.05) is 12.1 Å². The molecule has 2 saturated heterocycles. The Labute approximate surface area is 230 Å². The van der Waals surface area contributed by atoms with E-state index in [9.17, 15) is 22.4 Å². The van der Waals surface area contributed by atoms with Crippen molar-refractivity contribution in [1.29, 1.82) is 0 Å². The predicted molar refractivity (Wildman–Crippen MR) is 136 cm³/mol. The highest BCUT2D eigenvalue weighted by Crippen LogP contribution is 2.42. The molecule has 10 nitrogen and oxygen atoms in total. The lowest BCUT2D eigenvalue weighted by molar-refractivity contribution is -0.352. The number of hydrogen-bond donors (Lipinski definition) is 1. The fourth-order valence-corrected chi connectivity index (χ4v) is 5.59. The van der Waals surface area contributed by atoms with Gasteiger partial charge >= 0.3 is 6.36 Å². The first-order valence-electron chi connectivity index (χ1n) is 13.1. The molecule has 0 radical (unpaired) electrons. The molecule has 3 fully saturated rings. The third-order valence-corrected chi connectivity index (χ3v) is 7.97. The summed E-state index contributed by atoms with van der Waals surface area (Å²) in [6, 6.07) is 6.53. The Bertz CT molecular complexity index is 1650. The van der Waals surface area contributed by atoms with Crippen LogP contribution in [0.25, 0.3) is 16.9 Å². The van der Waals surface area contributed by atoms with E-state index in [-0.39, 0.29) is 35.5 Å². The number of rotatable bonds is 6. The summed E-state index contributed by atoms with van der Waals surface area (Å²) >= 11 is 0. The quantitative estimate of drug-likeness (QED) is 0.332. The number of halogens is 4. The van der Waals surface area contributed by atoms with Crippen molar-refractivity contribution < 1.29 is 36.4 Å². The van der Waals surface area contributed by atoms with Gasteiger partial charge in [0.2, 0.25) is 11.7 Å². The van der Waals surface area contributed by atoms with E-state index in [1.54, 1.807) is 17.6 Å².